The van der Waals surface area contributed by atoms with Crippen LogP contribution in [0.25, 0.3) is 34.1 Å². The molecule has 13 heteroatoms. The highest BCUT2D eigenvalue weighted by Gasteiger charge is 2.59. The zero-order valence-corrected chi connectivity index (χ0v) is 20.9. The molecule has 5 rings (SSSR count). The van der Waals surface area contributed by atoms with Crippen molar-refractivity contribution in [1.82, 2.24) is 24.1 Å². The Morgan fingerprint density at radius 1 is 1.05 bits per heavy atom. The predicted octanol–water partition coefficient (Wildman–Crippen LogP) is 4.77. The summed E-state index contributed by atoms with van der Waals surface area (Å²) in [7, 11) is 3.25. The van der Waals surface area contributed by atoms with Gasteiger partial charge in [0.25, 0.3) is 5.03 Å². The van der Waals surface area contributed by atoms with Gasteiger partial charge in [-0.2, -0.15) is 22.0 Å². The van der Waals surface area contributed by atoms with Crippen LogP contribution in [0, 0.1) is 0 Å². The summed E-state index contributed by atoms with van der Waals surface area (Å²) in [6.07, 6.45) is -3.55. The molecule has 0 radical (unpaired) electrons. The Morgan fingerprint density at radius 2 is 1.76 bits per heavy atom. The lowest BCUT2D eigenvalue weighted by molar-refractivity contribution is -0.289. The molecular weight excluding hydrogens is 515 g/mol. The minimum atomic E-state index is -5.78. The predicted molar refractivity (Wildman–Crippen MR) is 128 cm³/mol. The normalized spacial score (nSPS) is 16.4. The molecule has 1 fully saturated rings. The zero-order chi connectivity index (χ0) is 26.9. The summed E-state index contributed by atoms with van der Waals surface area (Å²) in [5.41, 5.74) is 6.50. The highest BCUT2D eigenvalue weighted by atomic mass is 32.2. The summed E-state index contributed by atoms with van der Waals surface area (Å²) in [6.45, 7) is 1.74. The maximum atomic E-state index is 13.9. The summed E-state index contributed by atoms with van der Waals surface area (Å²) in [6, 6.07) is 8.25. The molecule has 1 unspecified atom stereocenters. The minimum absolute atomic E-state index is 0.0814. The number of hydrogen-bond acceptors (Lipinski definition) is 5. The van der Waals surface area contributed by atoms with Crippen LogP contribution in [0.2, 0.25) is 0 Å². The van der Waals surface area contributed by atoms with E-state index in [1.807, 2.05) is 24.3 Å². The summed E-state index contributed by atoms with van der Waals surface area (Å²) in [4.78, 5) is 12.9. The first kappa shape index (κ1) is 25.6. The van der Waals surface area contributed by atoms with E-state index in [2.05, 4.69) is 9.97 Å². The molecule has 7 nitrogen and oxygen atoms in total. The number of halogens is 5. The smallest absolute Gasteiger partial charge is 0.458 e. The van der Waals surface area contributed by atoms with Gasteiger partial charge in [0.2, 0.25) is 0 Å². The van der Waals surface area contributed by atoms with Gasteiger partial charge in [-0.05, 0) is 37.5 Å². The molecule has 1 atom stereocenters. The Labute approximate surface area is 211 Å². The van der Waals surface area contributed by atoms with Crippen LogP contribution in [0.3, 0.4) is 0 Å². The van der Waals surface area contributed by atoms with Gasteiger partial charge < -0.3 is 14.9 Å². The number of fused-ring (bicyclic) bond motifs is 1. The van der Waals surface area contributed by atoms with Gasteiger partial charge in [0.1, 0.15) is 17.1 Å². The molecule has 2 N–H and O–H groups in total. The molecule has 196 valence electrons. The van der Waals surface area contributed by atoms with Crippen LogP contribution in [0.15, 0.2) is 41.6 Å². The number of imidazole rings is 2. The summed E-state index contributed by atoms with van der Waals surface area (Å²) >= 11 is -1.50. The lowest BCUT2D eigenvalue weighted by atomic mass is 10.0. The van der Waals surface area contributed by atoms with E-state index in [1.54, 1.807) is 18.5 Å². The fourth-order valence-corrected chi connectivity index (χ4v) is 5.32. The molecule has 3 aromatic heterocycles. The van der Waals surface area contributed by atoms with Gasteiger partial charge in [-0.15, -0.1) is 0 Å². The highest BCUT2D eigenvalue weighted by molar-refractivity contribution is 7.91. The molecule has 1 saturated carbocycles. The molecule has 1 aromatic carbocycles. The number of rotatable bonds is 6. The maximum Gasteiger partial charge on any atom is 0.458 e. The number of hydrogen-bond donors (Lipinski definition) is 1. The Balaban J connectivity index is 1.67. The quantitative estimate of drug-likeness (QED) is 0.282. The Bertz CT molecular complexity index is 1510. The third-order valence-electron chi connectivity index (χ3n) is 6.64. The van der Waals surface area contributed by atoms with Gasteiger partial charge in [-0.25, -0.2) is 15.0 Å². The second-order valence-electron chi connectivity index (χ2n) is 9.15. The van der Waals surface area contributed by atoms with E-state index in [0.29, 0.717) is 23.1 Å². The van der Waals surface area contributed by atoms with Crippen molar-refractivity contribution >= 4 is 22.3 Å². The number of alkyl halides is 5. The molecule has 4 aromatic rings. The Morgan fingerprint density at radius 3 is 2.38 bits per heavy atom. The Hall–Kier alpha value is -3.03. The van der Waals surface area contributed by atoms with Gasteiger partial charge in [-0.3, -0.25) is 4.57 Å². The van der Waals surface area contributed by atoms with E-state index >= 15 is 0 Å². The minimum Gasteiger partial charge on any atom is -0.610 e. The van der Waals surface area contributed by atoms with Gasteiger partial charge in [-0.1, -0.05) is 18.2 Å². The topological polar surface area (TPSA) is 97.6 Å². The summed E-state index contributed by atoms with van der Waals surface area (Å²) < 4.78 is 82.8. The van der Waals surface area contributed by atoms with Crippen molar-refractivity contribution in [1.29, 1.82) is 0 Å². The molecule has 0 bridgehead atoms. The van der Waals surface area contributed by atoms with Gasteiger partial charge >= 0.3 is 12.1 Å². The first-order valence-corrected chi connectivity index (χ1v) is 12.7. The zero-order valence-electron chi connectivity index (χ0n) is 20.1. The van der Waals surface area contributed by atoms with Gasteiger partial charge in [0, 0.05) is 42.6 Å². The fourth-order valence-electron chi connectivity index (χ4n) is 4.30. The number of nitrogens with zero attached hydrogens (tertiary/aromatic N) is 5. The van der Waals surface area contributed by atoms with Gasteiger partial charge in [0.05, 0.1) is 5.56 Å². The number of aryl methyl sites for hydroxylation is 1. The standard InChI is InChI=1S/C24H23F5N6OS/c1-4-37(36)21-17(33-18(35(21)3)13-6-5-7-14(10-13)22(30)8-9-22)20-32-16-11-15(12-31-19(16)34(20)2)23(25,26)24(27,28)29/h5-7,10-12H,4,8-9,30H2,1-3H3. The van der Waals surface area contributed by atoms with Crippen molar-refractivity contribution in [2.75, 3.05) is 5.75 Å². The van der Waals surface area contributed by atoms with Crippen molar-refractivity contribution in [2.24, 2.45) is 19.8 Å². The van der Waals surface area contributed by atoms with Crippen LogP contribution in [0.1, 0.15) is 30.9 Å². The molecule has 0 saturated heterocycles. The van der Waals surface area contributed by atoms with Crippen molar-refractivity contribution in [2.45, 2.75) is 42.4 Å². The van der Waals surface area contributed by atoms with Crippen LogP contribution in [-0.2, 0) is 36.7 Å². The van der Waals surface area contributed by atoms with Crippen LogP contribution >= 0.6 is 0 Å². The van der Waals surface area contributed by atoms with Crippen LogP contribution in [0.4, 0.5) is 22.0 Å². The van der Waals surface area contributed by atoms with E-state index in [-0.39, 0.29) is 34.0 Å². The summed E-state index contributed by atoms with van der Waals surface area (Å²) in [5.74, 6) is -4.20. The van der Waals surface area contributed by atoms with E-state index in [4.69, 9.17) is 10.7 Å². The van der Waals surface area contributed by atoms with Crippen molar-refractivity contribution in [3.63, 3.8) is 0 Å². The Kier molecular flexibility index (Phi) is 5.88. The van der Waals surface area contributed by atoms with Crippen LogP contribution < -0.4 is 5.73 Å². The molecule has 0 amide bonds. The van der Waals surface area contributed by atoms with Crippen LogP contribution in [0.5, 0.6) is 0 Å². The van der Waals surface area contributed by atoms with Crippen molar-refractivity contribution < 1.29 is 26.5 Å². The SMILES string of the molecule is CC[S+]([O-])c1c(-c2nc3cc(C(F)(F)C(F)(F)F)cnc3n2C)nc(-c2cccc(C3(N)CC3)c2)n1C. The third-order valence-corrected chi connectivity index (χ3v) is 8.07. The molecule has 37 heavy (non-hydrogen) atoms. The number of aromatic nitrogens is 5. The molecule has 0 aliphatic heterocycles. The van der Waals surface area contributed by atoms with Crippen molar-refractivity contribution in [3.05, 3.63) is 47.7 Å². The summed E-state index contributed by atoms with van der Waals surface area (Å²) in [5, 5.41) is 0.344. The molecule has 3 heterocycles. The average molecular weight is 539 g/mol. The van der Waals surface area contributed by atoms with E-state index in [0.717, 1.165) is 24.0 Å². The van der Waals surface area contributed by atoms with Crippen molar-refractivity contribution in [3.8, 4) is 22.9 Å². The molecule has 1 aliphatic carbocycles. The second-order valence-corrected chi connectivity index (χ2v) is 10.8. The first-order valence-electron chi connectivity index (χ1n) is 11.4. The second kappa shape index (κ2) is 8.50. The lowest BCUT2D eigenvalue weighted by Crippen LogP contribution is -2.33. The van der Waals surface area contributed by atoms with Gasteiger partial charge in [0.15, 0.2) is 17.2 Å². The van der Waals surface area contributed by atoms with Crippen LogP contribution in [-0.4, -0.2) is 40.6 Å². The third kappa shape index (κ3) is 4.09. The number of nitrogens with two attached hydrogens (primary N) is 1. The van der Waals surface area contributed by atoms with E-state index in [1.165, 1.54) is 11.6 Å². The van der Waals surface area contributed by atoms with E-state index < -0.39 is 28.8 Å². The number of pyridine rings is 1. The fraction of sp³-hybridized carbons (Fsp3) is 0.375. The molecular formula is C24H23F5N6OS. The molecule has 0 spiro atoms. The first-order chi connectivity index (χ1) is 17.3. The maximum absolute atomic E-state index is 13.9. The monoisotopic (exact) mass is 538 g/mol. The van der Waals surface area contributed by atoms with E-state index in [9.17, 15) is 26.5 Å². The number of benzene rings is 1. The average Bonchev–Trinajstić information content (AvgIpc) is 3.40. The lowest BCUT2D eigenvalue weighted by Gasteiger charge is -2.19. The largest absolute Gasteiger partial charge is 0.610 e. The highest BCUT2D eigenvalue weighted by Crippen LogP contribution is 2.45. The molecule has 1 aliphatic rings.